The van der Waals surface area contributed by atoms with E-state index >= 15 is 0 Å². The molecule has 152 valence electrons. The first-order valence-electron chi connectivity index (χ1n) is 9.43. The van der Waals surface area contributed by atoms with Crippen LogP contribution in [0.3, 0.4) is 0 Å². The third-order valence-electron chi connectivity index (χ3n) is 4.64. The summed E-state index contributed by atoms with van der Waals surface area (Å²) >= 11 is 1.74. The summed E-state index contributed by atoms with van der Waals surface area (Å²) in [6.45, 7) is -0.318. The predicted octanol–water partition coefficient (Wildman–Crippen LogP) is 4.49. The maximum atomic E-state index is 11.6. The number of aliphatic hydroxyl groups excluding tert-OH is 1. The lowest BCUT2D eigenvalue weighted by Crippen LogP contribution is -2.23. The van der Waals surface area contributed by atoms with E-state index in [1.807, 2.05) is 24.3 Å². The normalized spacial score (nSPS) is 10.6. The quantitative estimate of drug-likeness (QED) is 0.509. The number of ether oxygens (including phenoxy) is 2. The molecule has 0 saturated carbocycles. The molecular weight excluding hydrogens is 386 g/mol. The Bertz CT molecular complexity index is 868. The highest BCUT2D eigenvalue weighted by molar-refractivity contribution is 7.16. The van der Waals surface area contributed by atoms with Gasteiger partial charge in [0.1, 0.15) is 18.2 Å². The molecule has 0 radical (unpaired) electrons. The Kier molecular flexibility index (Phi) is 7.27. The van der Waals surface area contributed by atoms with Crippen LogP contribution in [-0.2, 0) is 11.2 Å². The molecule has 0 aliphatic rings. The molecule has 1 amide bonds. The minimum Gasteiger partial charge on any atom is -0.497 e. The number of rotatable bonds is 9. The van der Waals surface area contributed by atoms with Crippen molar-refractivity contribution < 1.29 is 19.4 Å². The molecular formula is C23H25NO4S. The van der Waals surface area contributed by atoms with Crippen molar-refractivity contribution in [2.75, 3.05) is 21.0 Å². The number of amides is 1. The van der Waals surface area contributed by atoms with E-state index in [1.165, 1.54) is 9.75 Å². The van der Waals surface area contributed by atoms with Crippen LogP contribution in [0, 0.1) is 0 Å². The standard InChI is InChI=1S/C23H25NO4S/c1-27-18-10-6-16(7-11-18)21-14-20(4-3-5-22(26)24-15-25)29-23(21)17-8-12-19(28-2)13-9-17/h6-14,25H,3-5,15H2,1-2H3,(H,24,26). The highest BCUT2D eigenvalue weighted by Crippen LogP contribution is 2.40. The van der Waals surface area contributed by atoms with Crippen molar-refractivity contribution in [3.05, 3.63) is 59.5 Å². The molecule has 0 aliphatic carbocycles. The number of benzene rings is 2. The Labute approximate surface area is 174 Å². The molecule has 0 fully saturated rings. The largest absolute Gasteiger partial charge is 0.497 e. The Balaban J connectivity index is 1.88. The third kappa shape index (κ3) is 5.37. The zero-order valence-electron chi connectivity index (χ0n) is 16.6. The van der Waals surface area contributed by atoms with Gasteiger partial charge < -0.3 is 19.9 Å². The number of carbonyl (C=O) groups excluding carboxylic acids is 1. The van der Waals surface area contributed by atoms with Crippen molar-refractivity contribution in [1.29, 1.82) is 0 Å². The van der Waals surface area contributed by atoms with Crippen LogP contribution in [-0.4, -0.2) is 32.0 Å². The number of hydrogen-bond acceptors (Lipinski definition) is 5. The Morgan fingerprint density at radius 2 is 1.55 bits per heavy atom. The van der Waals surface area contributed by atoms with E-state index in [1.54, 1.807) is 25.6 Å². The van der Waals surface area contributed by atoms with E-state index in [4.69, 9.17) is 14.6 Å². The highest BCUT2D eigenvalue weighted by Gasteiger charge is 2.14. The van der Waals surface area contributed by atoms with Gasteiger partial charge in [-0.1, -0.05) is 12.1 Å². The van der Waals surface area contributed by atoms with E-state index in [0.717, 1.165) is 41.0 Å². The maximum absolute atomic E-state index is 11.6. The van der Waals surface area contributed by atoms with Crippen molar-refractivity contribution >= 4 is 17.2 Å². The van der Waals surface area contributed by atoms with Gasteiger partial charge in [-0.2, -0.15) is 0 Å². The lowest BCUT2D eigenvalue weighted by Gasteiger charge is -2.07. The van der Waals surface area contributed by atoms with E-state index in [0.29, 0.717) is 6.42 Å². The van der Waals surface area contributed by atoms with Crippen LogP contribution < -0.4 is 14.8 Å². The zero-order valence-corrected chi connectivity index (χ0v) is 17.4. The van der Waals surface area contributed by atoms with Crippen molar-refractivity contribution in [3.8, 4) is 33.1 Å². The van der Waals surface area contributed by atoms with Gasteiger partial charge in [-0.25, -0.2) is 0 Å². The van der Waals surface area contributed by atoms with Crippen LogP contribution in [0.15, 0.2) is 54.6 Å². The fraction of sp³-hybridized carbons (Fsp3) is 0.261. The number of aryl methyl sites for hydroxylation is 1. The van der Waals surface area contributed by atoms with Gasteiger partial charge in [0.2, 0.25) is 5.91 Å². The van der Waals surface area contributed by atoms with Gasteiger partial charge in [-0.3, -0.25) is 4.79 Å². The molecule has 6 heteroatoms. The molecule has 0 spiro atoms. The first kappa shape index (κ1) is 20.9. The molecule has 3 aromatic rings. The predicted molar refractivity (Wildman–Crippen MR) is 116 cm³/mol. The number of aliphatic hydroxyl groups is 1. The monoisotopic (exact) mass is 411 g/mol. The summed E-state index contributed by atoms with van der Waals surface area (Å²) in [5.41, 5.74) is 3.42. The first-order valence-corrected chi connectivity index (χ1v) is 10.3. The molecule has 2 aromatic carbocycles. The molecule has 0 unspecified atom stereocenters. The van der Waals surface area contributed by atoms with Crippen LogP contribution in [0.5, 0.6) is 11.5 Å². The average Bonchev–Trinajstić information content (AvgIpc) is 3.18. The Morgan fingerprint density at radius 1 is 0.966 bits per heavy atom. The second-order valence-electron chi connectivity index (χ2n) is 6.52. The van der Waals surface area contributed by atoms with Crippen LogP contribution in [0.1, 0.15) is 17.7 Å². The molecule has 0 aliphatic heterocycles. The Hall–Kier alpha value is -2.83. The van der Waals surface area contributed by atoms with Gasteiger partial charge in [0, 0.05) is 21.7 Å². The van der Waals surface area contributed by atoms with Crippen molar-refractivity contribution in [2.24, 2.45) is 0 Å². The molecule has 2 N–H and O–H groups in total. The summed E-state index contributed by atoms with van der Waals surface area (Å²) in [4.78, 5) is 14.0. The summed E-state index contributed by atoms with van der Waals surface area (Å²) in [6.07, 6.45) is 1.94. The zero-order chi connectivity index (χ0) is 20.6. The smallest absolute Gasteiger partial charge is 0.221 e. The van der Waals surface area contributed by atoms with Crippen molar-refractivity contribution in [3.63, 3.8) is 0 Å². The van der Waals surface area contributed by atoms with Crippen LogP contribution >= 0.6 is 11.3 Å². The minimum absolute atomic E-state index is 0.130. The number of carbonyl (C=O) groups is 1. The van der Waals surface area contributed by atoms with Crippen molar-refractivity contribution in [1.82, 2.24) is 5.32 Å². The van der Waals surface area contributed by atoms with Gasteiger partial charge in [0.25, 0.3) is 0 Å². The summed E-state index contributed by atoms with van der Waals surface area (Å²) < 4.78 is 10.6. The summed E-state index contributed by atoms with van der Waals surface area (Å²) in [5.74, 6) is 1.52. The van der Waals surface area contributed by atoms with E-state index in [9.17, 15) is 4.79 Å². The molecule has 0 bridgehead atoms. The maximum Gasteiger partial charge on any atom is 0.221 e. The van der Waals surface area contributed by atoms with Crippen LogP contribution in [0.25, 0.3) is 21.6 Å². The van der Waals surface area contributed by atoms with Crippen LogP contribution in [0.2, 0.25) is 0 Å². The fourth-order valence-corrected chi connectivity index (χ4v) is 4.33. The first-order chi connectivity index (χ1) is 14.1. The van der Waals surface area contributed by atoms with Gasteiger partial charge >= 0.3 is 0 Å². The Morgan fingerprint density at radius 3 is 2.10 bits per heavy atom. The average molecular weight is 412 g/mol. The number of nitrogens with one attached hydrogen (secondary N) is 1. The summed E-state index contributed by atoms with van der Waals surface area (Å²) in [7, 11) is 3.32. The van der Waals surface area contributed by atoms with E-state index in [-0.39, 0.29) is 12.6 Å². The molecule has 5 nitrogen and oxygen atoms in total. The minimum atomic E-state index is -0.318. The fourth-order valence-electron chi connectivity index (χ4n) is 3.11. The van der Waals surface area contributed by atoms with E-state index in [2.05, 4.69) is 35.6 Å². The van der Waals surface area contributed by atoms with Crippen LogP contribution in [0.4, 0.5) is 0 Å². The molecule has 0 saturated heterocycles. The second kappa shape index (κ2) is 10.1. The lowest BCUT2D eigenvalue weighted by molar-refractivity contribution is -0.122. The number of thiophene rings is 1. The molecule has 29 heavy (non-hydrogen) atoms. The topological polar surface area (TPSA) is 67.8 Å². The molecule has 1 aromatic heterocycles. The van der Waals surface area contributed by atoms with Gasteiger partial charge in [-0.15, -0.1) is 11.3 Å². The third-order valence-corrected chi connectivity index (χ3v) is 5.88. The summed E-state index contributed by atoms with van der Waals surface area (Å²) in [5, 5.41) is 11.2. The van der Waals surface area contributed by atoms with Gasteiger partial charge in [0.05, 0.1) is 14.2 Å². The van der Waals surface area contributed by atoms with Crippen molar-refractivity contribution in [2.45, 2.75) is 19.3 Å². The molecule has 0 atom stereocenters. The molecule has 1 heterocycles. The van der Waals surface area contributed by atoms with Gasteiger partial charge in [0.15, 0.2) is 0 Å². The van der Waals surface area contributed by atoms with Gasteiger partial charge in [-0.05, 0) is 66.4 Å². The van der Waals surface area contributed by atoms with E-state index < -0.39 is 0 Å². The lowest BCUT2D eigenvalue weighted by atomic mass is 10.0. The second-order valence-corrected chi connectivity index (χ2v) is 7.66. The highest BCUT2D eigenvalue weighted by atomic mass is 32.1. The number of methoxy groups -OCH3 is 2. The number of hydrogen-bond donors (Lipinski definition) is 2. The molecule has 3 rings (SSSR count). The summed E-state index contributed by atoms with van der Waals surface area (Å²) in [6, 6.07) is 18.3. The SMILES string of the molecule is COc1ccc(-c2cc(CCCC(=O)NCO)sc2-c2ccc(OC)cc2)cc1.